The molecule has 5 heteroatoms. The first kappa shape index (κ1) is 12.3. The zero-order valence-electron chi connectivity index (χ0n) is 11.3. The molecule has 1 N–H and O–H groups in total. The number of nitrogens with one attached hydrogen (secondary N) is 1. The van der Waals surface area contributed by atoms with Crippen LogP contribution in [0.1, 0.15) is 10.4 Å². The third kappa shape index (κ3) is 2.14. The maximum atomic E-state index is 11.9. The van der Waals surface area contributed by atoms with Gasteiger partial charge in [0.2, 0.25) is 0 Å². The highest BCUT2D eigenvalue weighted by Crippen LogP contribution is 2.20. The Balaban J connectivity index is 2.06. The number of benzene rings is 1. The van der Waals surface area contributed by atoms with Crippen LogP contribution in [0.15, 0.2) is 42.6 Å². The fourth-order valence-corrected chi connectivity index (χ4v) is 2.02. The van der Waals surface area contributed by atoms with Gasteiger partial charge in [-0.3, -0.25) is 9.78 Å². The van der Waals surface area contributed by atoms with Gasteiger partial charge in [-0.15, -0.1) is 0 Å². The van der Waals surface area contributed by atoms with Crippen molar-refractivity contribution in [2.24, 2.45) is 0 Å². The lowest BCUT2D eigenvalue weighted by Gasteiger charge is -2.09. The van der Waals surface area contributed by atoms with E-state index in [4.69, 9.17) is 0 Å². The fraction of sp³-hybridized carbons (Fsp3) is 0.133. The lowest BCUT2D eigenvalue weighted by molar-refractivity contribution is 0.0828. The van der Waals surface area contributed by atoms with E-state index < -0.39 is 0 Å². The minimum atomic E-state index is -0.0270. The average molecular weight is 266 g/mol. The number of imidazole rings is 1. The molecule has 0 aliphatic heterocycles. The van der Waals surface area contributed by atoms with E-state index in [1.807, 2.05) is 30.3 Å². The minimum absolute atomic E-state index is 0.0270. The van der Waals surface area contributed by atoms with Gasteiger partial charge in [0.1, 0.15) is 5.69 Å². The van der Waals surface area contributed by atoms with Crippen LogP contribution in [0.5, 0.6) is 0 Å². The summed E-state index contributed by atoms with van der Waals surface area (Å²) in [6.45, 7) is 0. The van der Waals surface area contributed by atoms with Gasteiger partial charge < -0.3 is 9.88 Å². The van der Waals surface area contributed by atoms with Crippen LogP contribution in [0.4, 0.5) is 0 Å². The van der Waals surface area contributed by atoms with E-state index in [2.05, 4.69) is 15.0 Å². The Bertz CT molecular complexity index is 762. The normalized spacial score (nSPS) is 10.7. The van der Waals surface area contributed by atoms with Crippen LogP contribution in [0.2, 0.25) is 0 Å². The molecule has 0 aliphatic rings. The molecule has 0 fully saturated rings. The van der Waals surface area contributed by atoms with Crippen LogP contribution in [0.3, 0.4) is 0 Å². The van der Waals surface area contributed by atoms with E-state index in [-0.39, 0.29) is 5.91 Å². The smallest absolute Gasteiger partial charge is 0.253 e. The molecule has 0 atom stereocenters. The summed E-state index contributed by atoms with van der Waals surface area (Å²) in [5.41, 5.74) is 3.07. The van der Waals surface area contributed by atoms with Crippen molar-refractivity contribution >= 4 is 16.9 Å². The first-order valence-corrected chi connectivity index (χ1v) is 6.28. The Kier molecular flexibility index (Phi) is 2.95. The maximum absolute atomic E-state index is 11.9. The highest BCUT2D eigenvalue weighted by molar-refractivity contribution is 5.97. The lowest BCUT2D eigenvalue weighted by Crippen LogP contribution is -2.21. The van der Waals surface area contributed by atoms with Gasteiger partial charge in [0, 0.05) is 25.9 Å². The summed E-state index contributed by atoms with van der Waals surface area (Å²) in [5.74, 6) is 0.677. The predicted molar refractivity (Wildman–Crippen MR) is 77.3 cm³/mol. The van der Waals surface area contributed by atoms with Gasteiger partial charge in [-0.2, -0.15) is 0 Å². The zero-order chi connectivity index (χ0) is 14.1. The third-order valence-corrected chi connectivity index (χ3v) is 3.04. The molecule has 1 amide bonds. The van der Waals surface area contributed by atoms with Crippen molar-refractivity contribution < 1.29 is 4.79 Å². The number of rotatable bonds is 2. The Morgan fingerprint density at radius 1 is 1.20 bits per heavy atom. The van der Waals surface area contributed by atoms with Crippen LogP contribution < -0.4 is 0 Å². The molecule has 0 unspecified atom stereocenters. The zero-order valence-corrected chi connectivity index (χ0v) is 11.3. The first-order valence-electron chi connectivity index (χ1n) is 6.28. The molecular formula is C15H14N4O. The molecule has 2 heterocycles. The van der Waals surface area contributed by atoms with E-state index in [1.165, 1.54) is 0 Å². The molecule has 0 radical (unpaired) electrons. The number of carbonyl (C=O) groups excluding carboxylic acids is 1. The van der Waals surface area contributed by atoms with Gasteiger partial charge in [0.25, 0.3) is 5.91 Å². The second kappa shape index (κ2) is 4.77. The number of carbonyl (C=O) groups is 1. The van der Waals surface area contributed by atoms with Crippen LogP contribution in [-0.4, -0.2) is 39.9 Å². The highest BCUT2D eigenvalue weighted by atomic mass is 16.2. The summed E-state index contributed by atoms with van der Waals surface area (Å²) < 4.78 is 0. The van der Waals surface area contributed by atoms with E-state index >= 15 is 0 Å². The molecule has 3 rings (SSSR count). The number of nitrogens with zero attached hydrogens (tertiary/aromatic N) is 3. The second-order valence-electron chi connectivity index (χ2n) is 4.73. The van der Waals surface area contributed by atoms with Crippen molar-refractivity contribution in [1.29, 1.82) is 0 Å². The SMILES string of the molecule is CN(C)C(=O)c1ccc2nc(-c3ccccn3)[nH]c2c1. The minimum Gasteiger partial charge on any atom is -0.345 e. The number of fused-ring (bicyclic) bond motifs is 1. The molecule has 3 aromatic rings. The van der Waals surface area contributed by atoms with Gasteiger partial charge in [-0.25, -0.2) is 4.98 Å². The van der Waals surface area contributed by atoms with Crippen molar-refractivity contribution in [3.05, 3.63) is 48.2 Å². The molecule has 0 aliphatic carbocycles. The number of hydrogen-bond acceptors (Lipinski definition) is 3. The third-order valence-electron chi connectivity index (χ3n) is 3.04. The number of pyridine rings is 1. The molecule has 2 aromatic heterocycles. The number of aromatic nitrogens is 3. The summed E-state index contributed by atoms with van der Waals surface area (Å²) in [7, 11) is 3.47. The van der Waals surface area contributed by atoms with Crippen LogP contribution in [0.25, 0.3) is 22.6 Å². The molecule has 100 valence electrons. The molecule has 0 spiro atoms. The standard InChI is InChI=1S/C15H14N4O/c1-19(2)15(20)10-6-7-11-13(9-10)18-14(17-11)12-5-3-4-8-16-12/h3-9H,1-2H3,(H,17,18). The second-order valence-corrected chi connectivity index (χ2v) is 4.73. The topological polar surface area (TPSA) is 61.9 Å². The molecule has 0 saturated heterocycles. The van der Waals surface area contributed by atoms with Crippen LogP contribution in [0, 0.1) is 0 Å². The Morgan fingerprint density at radius 3 is 2.75 bits per heavy atom. The largest absolute Gasteiger partial charge is 0.345 e. The summed E-state index contributed by atoms with van der Waals surface area (Å²) >= 11 is 0. The summed E-state index contributed by atoms with van der Waals surface area (Å²) in [6.07, 6.45) is 1.73. The lowest BCUT2D eigenvalue weighted by atomic mass is 10.2. The molecule has 1 aromatic carbocycles. The van der Waals surface area contributed by atoms with E-state index in [1.54, 1.807) is 31.3 Å². The number of aromatic amines is 1. The highest BCUT2D eigenvalue weighted by Gasteiger charge is 2.11. The first-order chi connectivity index (χ1) is 9.65. The van der Waals surface area contributed by atoms with E-state index in [9.17, 15) is 4.79 Å². The molecule has 20 heavy (non-hydrogen) atoms. The van der Waals surface area contributed by atoms with Gasteiger partial charge in [-0.05, 0) is 30.3 Å². The number of hydrogen-bond donors (Lipinski definition) is 1. The van der Waals surface area contributed by atoms with Gasteiger partial charge in [0.15, 0.2) is 5.82 Å². The summed E-state index contributed by atoms with van der Waals surface area (Å²) in [5, 5.41) is 0. The molecule has 0 bridgehead atoms. The fourth-order valence-electron chi connectivity index (χ4n) is 2.02. The monoisotopic (exact) mass is 266 g/mol. The number of amides is 1. The molecule has 0 saturated carbocycles. The van der Waals surface area contributed by atoms with Crippen LogP contribution in [-0.2, 0) is 0 Å². The summed E-state index contributed by atoms with van der Waals surface area (Å²) in [4.78, 5) is 25.4. The van der Waals surface area contributed by atoms with E-state index in [0.29, 0.717) is 11.4 Å². The van der Waals surface area contributed by atoms with Gasteiger partial charge in [-0.1, -0.05) is 6.07 Å². The van der Waals surface area contributed by atoms with Crippen molar-refractivity contribution in [2.75, 3.05) is 14.1 Å². The predicted octanol–water partition coefficient (Wildman–Crippen LogP) is 2.33. The van der Waals surface area contributed by atoms with Crippen LogP contribution >= 0.6 is 0 Å². The Hall–Kier alpha value is -2.69. The Labute approximate surface area is 116 Å². The Morgan fingerprint density at radius 2 is 2.05 bits per heavy atom. The molecule has 5 nitrogen and oxygen atoms in total. The van der Waals surface area contributed by atoms with Crippen molar-refractivity contribution in [3.63, 3.8) is 0 Å². The summed E-state index contributed by atoms with van der Waals surface area (Å²) in [6, 6.07) is 11.1. The number of H-pyrrole nitrogens is 1. The average Bonchev–Trinajstić information content (AvgIpc) is 2.90. The van der Waals surface area contributed by atoms with Crippen molar-refractivity contribution in [2.45, 2.75) is 0 Å². The molecular weight excluding hydrogens is 252 g/mol. The maximum Gasteiger partial charge on any atom is 0.253 e. The van der Waals surface area contributed by atoms with Gasteiger partial charge in [0.05, 0.1) is 11.0 Å². The van der Waals surface area contributed by atoms with E-state index in [0.717, 1.165) is 16.7 Å². The van der Waals surface area contributed by atoms with Gasteiger partial charge >= 0.3 is 0 Å². The quantitative estimate of drug-likeness (QED) is 0.774. The van der Waals surface area contributed by atoms with Crippen molar-refractivity contribution in [1.82, 2.24) is 19.9 Å². The van der Waals surface area contributed by atoms with Crippen molar-refractivity contribution in [3.8, 4) is 11.5 Å².